The third-order valence-electron chi connectivity index (χ3n) is 5.01. The van der Waals surface area contributed by atoms with Crippen molar-refractivity contribution < 1.29 is 14.3 Å². The zero-order valence-electron chi connectivity index (χ0n) is 15.4. The molecule has 1 fully saturated rings. The molecule has 1 saturated heterocycles. The summed E-state index contributed by atoms with van der Waals surface area (Å²) in [6, 6.07) is 13.9. The number of carbonyl (C=O) groups is 2. The van der Waals surface area contributed by atoms with Crippen molar-refractivity contribution in [2.45, 2.75) is 25.0 Å². The first-order valence-corrected chi connectivity index (χ1v) is 9.75. The molecular formula is C20H20N4O3S. The van der Waals surface area contributed by atoms with Crippen molar-refractivity contribution in [3.8, 4) is 0 Å². The van der Waals surface area contributed by atoms with Crippen LogP contribution in [-0.2, 0) is 16.1 Å². The van der Waals surface area contributed by atoms with E-state index in [4.69, 9.17) is 4.74 Å². The number of methoxy groups -OCH3 is 1. The van der Waals surface area contributed by atoms with Crippen LogP contribution in [0, 0.1) is 0 Å². The highest BCUT2D eigenvalue weighted by atomic mass is 32.1. The Labute approximate surface area is 166 Å². The van der Waals surface area contributed by atoms with E-state index < -0.39 is 6.04 Å². The van der Waals surface area contributed by atoms with E-state index in [1.54, 1.807) is 0 Å². The molecule has 1 aromatic heterocycles. The first-order chi connectivity index (χ1) is 13.6. The molecule has 2 heterocycles. The van der Waals surface area contributed by atoms with E-state index in [0.29, 0.717) is 25.2 Å². The van der Waals surface area contributed by atoms with Gasteiger partial charge in [0.1, 0.15) is 6.04 Å². The first kappa shape index (κ1) is 18.5. The Balaban J connectivity index is 1.49. The summed E-state index contributed by atoms with van der Waals surface area (Å²) >= 11 is 0.993. The van der Waals surface area contributed by atoms with Gasteiger partial charge in [0.25, 0.3) is 5.91 Å². The van der Waals surface area contributed by atoms with Gasteiger partial charge in [-0.15, -0.1) is 0 Å². The molecule has 1 N–H and O–H groups in total. The lowest BCUT2D eigenvalue weighted by atomic mass is 10.1. The maximum Gasteiger partial charge on any atom is 0.323 e. The lowest BCUT2D eigenvalue weighted by Gasteiger charge is -2.22. The summed E-state index contributed by atoms with van der Waals surface area (Å²) in [4.78, 5) is 26.6. The highest BCUT2D eigenvalue weighted by molar-refractivity contribution is 6.99. The molecule has 0 bridgehead atoms. The van der Waals surface area contributed by atoms with Gasteiger partial charge >= 0.3 is 5.97 Å². The first-order valence-electron chi connectivity index (χ1n) is 9.02. The van der Waals surface area contributed by atoms with Crippen LogP contribution >= 0.6 is 11.7 Å². The molecule has 0 aliphatic carbocycles. The second-order valence-electron chi connectivity index (χ2n) is 6.85. The number of benzene rings is 2. The average Bonchev–Trinajstić information content (AvgIpc) is 3.38. The van der Waals surface area contributed by atoms with Crippen molar-refractivity contribution in [3.05, 3.63) is 59.9 Å². The Kier molecular flexibility index (Phi) is 5.31. The SMILES string of the molecule is COC(=O)[C@@H]1C[C@@H](NC(=O)c2cnsn2)CN1Cc1ccc2ccccc2c1. The molecule has 0 radical (unpaired) electrons. The molecule has 1 aliphatic heterocycles. The number of fused-ring (bicyclic) bond motifs is 1. The zero-order valence-corrected chi connectivity index (χ0v) is 16.2. The maximum absolute atomic E-state index is 12.3. The Morgan fingerprint density at radius 1 is 1.25 bits per heavy atom. The molecule has 2 aromatic carbocycles. The van der Waals surface area contributed by atoms with Crippen molar-refractivity contribution in [2.24, 2.45) is 0 Å². The summed E-state index contributed by atoms with van der Waals surface area (Å²) in [7, 11) is 1.39. The summed E-state index contributed by atoms with van der Waals surface area (Å²) in [6.07, 6.45) is 1.95. The topological polar surface area (TPSA) is 84.4 Å². The number of nitrogens with one attached hydrogen (secondary N) is 1. The van der Waals surface area contributed by atoms with Crippen molar-refractivity contribution >= 4 is 34.4 Å². The van der Waals surface area contributed by atoms with Gasteiger partial charge in [-0.1, -0.05) is 36.4 Å². The molecule has 2 atom stereocenters. The van der Waals surface area contributed by atoms with E-state index >= 15 is 0 Å². The molecule has 4 rings (SSSR count). The molecular weight excluding hydrogens is 376 g/mol. The molecule has 3 aromatic rings. The predicted octanol–water partition coefficient (Wildman–Crippen LogP) is 2.24. The molecule has 8 heteroatoms. The van der Waals surface area contributed by atoms with Gasteiger partial charge in [0, 0.05) is 19.1 Å². The molecule has 0 unspecified atom stereocenters. The highest BCUT2D eigenvalue weighted by Crippen LogP contribution is 2.24. The second-order valence-corrected chi connectivity index (χ2v) is 7.41. The summed E-state index contributed by atoms with van der Waals surface area (Å²) in [6.45, 7) is 1.17. The van der Waals surface area contributed by atoms with E-state index in [1.165, 1.54) is 18.7 Å². The Hall–Kier alpha value is -2.84. The van der Waals surface area contributed by atoms with Crippen LogP contribution in [0.3, 0.4) is 0 Å². The van der Waals surface area contributed by atoms with Gasteiger partial charge < -0.3 is 10.1 Å². The van der Waals surface area contributed by atoms with Crippen LogP contribution in [0.15, 0.2) is 48.7 Å². The van der Waals surface area contributed by atoms with E-state index in [0.717, 1.165) is 22.7 Å². The molecule has 7 nitrogen and oxygen atoms in total. The second kappa shape index (κ2) is 8.04. The maximum atomic E-state index is 12.3. The molecule has 28 heavy (non-hydrogen) atoms. The van der Waals surface area contributed by atoms with Gasteiger partial charge in [0.05, 0.1) is 25.0 Å². The largest absolute Gasteiger partial charge is 0.468 e. The van der Waals surface area contributed by atoms with Crippen LogP contribution in [0.5, 0.6) is 0 Å². The number of carbonyl (C=O) groups excluding carboxylic acids is 2. The number of likely N-dealkylation sites (tertiary alicyclic amines) is 1. The third kappa shape index (κ3) is 3.88. The molecule has 1 amide bonds. The number of hydrogen-bond acceptors (Lipinski definition) is 7. The quantitative estimate of drug-likeness (QED) is 0.666. The van der Waals surface area contributed by atoms with Crippen molar-refractivity contribution in [1.82, 2.24) is 19.0 Å². The number of rotatable bonds is 5. The number of amides is 1. The van der Waals surface area contributed by atoms with Crippen LogP contribution < -0.4 is 5.32 Å². The molecule has 0 saturated carbocycles. The monoisotopic (exact) mass is 396 g/mol. The summed E-state index contributed by atoms with van der Waals surface area (Å²) in [5.41, 5.74) is 1.41. The number of esters is 1. The molecule has 1 aliphatic rings. The van der Waals surface area contributed by atoms with Crippen LogP contribution in [0.25, 0.3) is 10.8 Å². The van der Waals surface area contributed by atoms with Crippen LogP contribution in [0.4, 0.5) is 0 Å². The highest BCUT2D eigenvalue weighted by Gasteiger charge is 2.38. The van der Waals surface area contributed by atoms with Gasteiger partial charge in [0.2, 0.25) is 0 Å². The number of nitrogens with zero attached hydrogens (tertiary/aromatic N) is 3. The molecule has 144 valence electrons. The normalized spacial score (nSPS) is 19.6. The van der Waals surface area contributed by atoms with Crippen LogP contribution in [0.2, 0.25) is 0 Å². The smallest absolute Gasteiger partial charge is 0.323 e. The summed E-state index contributed by atoms with van der Waals surface area (Å²) in [5, 5.41) is 5.29. The minimum atomic E-state index is -0.393. The standard InChI is InChI=1S/C20H20N4O3S/c1-27-20(26)18-9-16(22-19(25)17-10-21-28-23-17)12-24(18)11-13-6-7-14-4-2-3-5-15(14)8-13/h2-8,10,16,18H,9,11-12H2,1H3,(H,22,25)/t16-,18+/m1/s1. The minimum absolute atomic E-state index is 0.154. The summed E-state index contributed by atoms with van der Waals surface area (Å²) < 4.78 is 12.8. The van der Waals surface area contributed by atoms with E-state index in [9.17, 15) is 9.59 Å². The van der Waals surface area contributed by atoms with Gasteiger partial charge in [-0.2, -0.15) is 8.75 Å². The average molecular weight is 396 g/mol. The lowest BCUT2D eigenvalue weighted by Crippen LogP contribution is -2.37. The van der Waals surface area contributed by atoms with E-state index in [2.05, 4.69) is 49.3 Å². The molecule has 0 spiro atoms. The Bertz CT molecular complexity index is 992. The Morgan fingerprint density at radius 3 is 2.82 bits per heavy atom. The third-order valence-corrected chi connectivity index (χ3v) is 5.48. The predicted molar refractivity (Wildman–Crippen MR) is 106 cm³/mol. The van der Waals surface area contributed by atoms with Gasteiger partial charge in [0.15, 0.2) is 5.69 Å². The van der Waals surface area contributed by atoms with Crippen molar-refractivity contribution in [1.29, 1.82) is 0 Å². The fraction of sp³-hybridized carbons (Fsp3) is 0.300. The minimum Gasteiger partial charge on any atom is -0.468 e. The lowest BCUT2D eigenvalue weighted by molar-refractivity contribution is -0.146. The fourth-order valence-electron chi connectivity index (χ4n) is 3.66. The Morgan fingerprint density at radius 2 is 2.07 bits per heavy atom. The van der Waals surface area contributed by atoms with Crippen molar-refractivity contribution in [2.75, 3.05) is 13.7 Å². The van der Waals surface area contributed by atoms with Crippen LogP contribution in [0.1, 0.15) is 22.5 Å². The number of hydrogen-bond donors (Lipinski definition) is 1. The zero-order chi connectivity index (χ0) is 19.5. The van der Waals surface area contributed by atoms with E-state index in [-0.39, 0.29) is 17.9 Å². The number of aromatic nitrogens is 2. The van der Waals surface area contributed by atoms with E-state index in [1.807, 2.05) is 12.1 Å². The fourth-order valence-corrected chi connectivity index (χ4v) is 4.07. The van der Waals surface area contributed by atoms with Gasteiger partial charge in [-0.25, -0.2) is 0 Å². The van der Waals surface area contributed by atoms with Crippen molar-refractivity contribution in [3.63, 3.8) is 0 Å². The summed E-state index contributed by atoms with van der Waals surface area (Å²) in [5.74, 6) is -0.553. The number of ether oxygens (including phenoxy) is 1. The van der Waals surface area contributed by atoms with Crippen LogP contribution in [-0.4, -0.2) is 51.3 Å². The van der Waals surface area contributed by atoms with Gasteiger partial charge in [-0.3, -0.25) is 14.5 Å². The van der Waals surface area contributed by atoms with Gasteiger partial charge in [-0.05, 0) is 28.8 Å².